The van der Waals surface area contributed by atoms with Crippen LogP contribution in [0.15, 0.2) is 28.7 Å². The third kappa shape index (κ3) is 1.74. The normalized spacial score (nSPS) is 12.2. The molecule has 2 rings (SSSR count). The van der Waals surface area contributed by atoms with Crippen LogP contribution in [0.3, 0.4) is 0 Å². The van der Waals surface area contributed by atoms with Gasteiger partial charge in [0.1, 0.15) is 11.3 Å². The molecule has 0 aliphatic carbocycles. The zero-order valence-electron chi connectivity index (χ0n) is 10.2. The molecule has 2 nitrogen and oxygen atoms in total. The van der Waals surface area contributed by atoms with Crippen molar-refractivity contribution in [1.29, 1.82) is 0 Å². The Morgan fingerprint density at radius 1 is 1.25 bits per heavy atom. The molecule has 0 spiro atoms. The van der Waals surface area contributed by atoms with Gasteiger partial charge in [0.2, 0.25) is 0 Å². The number of hydrogen-bond donors (Lipinski definition) is 1. The minimum absolute atomic E-state index is 0.0118. The van der Waals surface area contributed by atoms with Gasteiger partial charge in [0.15, 0.2) is 0 Å². The average Bonchev–Trinajstić information content (AvgIpc) is 2.58. The number of furan rings is 1. The van der Waals surface area contributed by atoms with Crippen molar-refractivity contribution < 1.29 is 4.42 Å². The summed E-state index contributed by atoms with van der Waals surface area (Å²) in [5, 5.41) is 1.21. The second-order valence-electron chi connectivity index (χ2n) is 4.97. The van der Waals surface area contributed by atoms with Crippen LogP contribution < -0.4 is 5.73 Å². The first-order chi connectivity index (χ1) is 7.56. The molecule has 0 unspecified atom stereocenters. The second-order valence-corrected chi connectivity index (χ2v) is 4.97. The highest BCUT2D eigenvalue weighted by Gasteiger charge is 2.26. The minimum Gasteiger partial charge on any atom is -0.460 e. The summed E-state index contributed by atoms with van der Waals surface area (Å²) in [6, 6.07) is 8.18. The van der Waals surface area contributed by atoms with Crippen LogP contribution in [0.4, 0.5) is 0 Å². The van der Waals surface area contributed by atoms with Crippen molar-refractivity contribution in [2.45, 2.75) is 32.6 Å². The van der Waals surface area contributed by atoms with Gasteiger partial charge in [-0.1, -0.05) is 32.0 Å². The molecule has 0 aliphatic rings. The van der Waals surface area contributed by atoms with Gasteiger partial charge < -0.3 is 10.2 Å². The quantitative estimate of drug-likeness (QED) is 0.856. The van der Waals surface area contributed by atoms with E-state index in [1.54, 1.807) is 0 Å². The lowest BCUT2D eigenvalue weighted by Crippen LogP contribution is -2.21. The summed E-state index contributed by atoms with van der Waals surface area (Å²) in [7, 11) is 0. The van der Waals surface area contributed by atoms with Gasteiger partial charge in [-0.25, -0.2) is 0 Å². The third-order valence-electron chi connectivity index (χ3n) is 3.23. The Morgan fingerprint density at radius 3 is 2.56 bits per heavy atom. The molecule has 0 bridgehead atoms. The maximum Gasteiger partial charge on any atom is 0.134 e. The van der Waals surface area contributed by atoms with Crippen molar-refractivity contribution in [3.05, 3.63) is 35.6 Å². The lowest BCUT2D eigenvalue weighted by Gasteiger charge is -2.22. The fourth-order valence-electron chi connectivity index (χ4n) is 2.29. The molecule has 0 aliphatic heterocycles. The molecular weight excluding hydrogens is 198 g/mol. The van der Waals surface area contributed by atoms with Crippen LogP contribution in [0.5, 0.6) is 0 Å². The van der Waals surface area contributed by atoms with E-state index >= 15 is 0 Å². The minimum atomic E-state index is 0.0118. The molecule has 2 N–H and O–H groups in total. The summed E-state index contributed by atoms with van der Waals surface area (Å²) >= 11 is 0. The molecule has 0 atom stereocenters. The van der Waals surface area contributed by atoms with E-state index < -0.39 is 0 Å². The van der Waals surface area contributed by atoms with Gasteiger partial charge in [-0.05, 0) is 31.5 Å². The van der Waals surface area contributed by atoms with Crippen LogP contribution in [0.1, 0.15) is 31.6 Å². The van der Waals surface area contributed by atoms with Gasteiger partial charge in [-0.3, -0.25) is 0 Å². The van der Waals surface area contributed by atoms with Crippen LogP contribution in [-0.2, 0) is 5.41 Å². The maximum absolute atomic E-state index is 5.96. The first-order valence-corrected chi connectivity index (χ1v) is 5.75. The van der Waals surface area contributed by atoms with Gasteiger partial charge in [0.05, 0.1) is 0 Å². The number of nitrogens with two attached hydrogens (primary N) is 1. The summed E-state index contributed by atoms with van der Waals surface area (Å²) in [6.45, 7) is 7.18. The molecule has 0 saturated heterocycles. The standard InChI is InChI=1S/C14H19NO/c1-10-11-6-4-5-7-12(11)16-13(10)14(2,3)8-9-15/h4-7H,8-9,15H2,1-3H3. The number of fused-ring (bicyclic) bond motifs is 1. The molecule has 16 heavy (non-hydrogen) atoms. The van der Waals surface area contributed by atoms with Crippen molar-refractivity contribution in [2.75, 3.05) is 6.54 Å². The average molecular weight is 217 g/mol. The van der Waals surface area contributed by atoms with Crippen LogP contribution in [0.2, 0.25) is 0 Å². The molecule has 2 heteroatoms. The van der Waals surface area contributed by atoms with E-state index in [0.717, 1.165) is 17.8 Å². The molecule has 0 radical (unpaired) electrons. The van der Waals surface area contributed by atoms with Crippen molar-refractivity contribution in [2.24, 2.45) is 5.73 Å². The van der Waals surface area contributed by atoms with E-state index in [-0.39, 0.29) is 5.41 Å². The predicted octanol–water partition coefficient (Wildman–Crippen LogP) is 3.37. The zero-order valence-corrected chi connectivity index (χ0v) is 10.2. The third-order valence-corrected chi connectivity index (χ3v) is 3.23. The van der Waals surface area contributed by atoms with E-state index in [9.17, 15) is 0 Å². The van der Waals surface area contributed by atoms with E-state index in [1.807, 2.05) is 18.2 Å². The highest BCUT2D eigenvalue weighted by Crippen LogP contribution is 2.35. The summed E-state index contributed by atoms with van der Waals surface area (Å²) in [4.78, 5) is 0. The maximum atomic E-state index is 5.96. The number of benzene rings is 1. The second kappa shape index (κ2) is 3.95. The van der Waals surface area contributed by atoms with Gasteiger partial charge in [0.25, 0.3) is 0 Å². The van der Waals surface area contributed by atoms with Crippen LogP contribution in [0.25, 0.3) is 11.0 Å². The van der Waals surface area contributed by atoms with E-state index in [4.69, 9.17) is 10.2 Å². The molecule has 0 amide bonds. The molecule has 86 valence electrons. The van der Waals surface area contributed by atoms with Gasteiger partial charge in [-0.2, -0.15) is 0 Å². The van der Waals surface area contributed by atoms with Crippen LogP contribution in [-0.4, -0.2) is 6.54 Å². The highest BCUT2D eigenvalue weighted by atomic mass is 16.3. The summed E-state index contributed by atoms with van der Waals surface area (Å²) in [6.07, 6.45) is 0.938. The number of para-hydroxylation sites is 1. The first-order valence-electron chi connectivity index (χ1n) is 5.75. The topological polar surface area (TPSA) is 39.2 Å². The van der Waals surface area contributed by atoms with Crippen LogP contribution in [0, 0.1) is 6.92 Å². The Labute approximate surface area is 96.4 Å². The molecule has 1 aromatic heterocycles. The lowest BCUT2D eigenvalue weighted by molar-refractivity contribution is 0.380. The number of rotatable bonds is 3. The monoisotopic (exact) mass is 217 g/mol. The Hall–Kier alpha value is -1.28. The Morgan fingerprint density at radius 2 is 1.94 bits per heavy atom. The van der Waals surface area contributed by atoms with Crippen molar-refractivity contribution in [1.82, 2.24) is 0 Å². The van der Waals surface area contributed by atoms with E-state index in [2.05, 4.69) is 26.8 Å². The van der Waals surface area contributed by atoms with Crippen LogP contribution >= 0.6 is 0 Å². The van der Waals surface area contributed by atoms with E-state index in [1.165, 1.54) is 10.9 Å². The zero-order chi connectivity index (χ0) is 11.8. The first kappa shape index (κ1) is 11.2. The number of hydrogen-bond acceptors (Lipinski definition) is 2. The Kier molecular flexibility index (Phi) is 2.76. The lowest BCUT2D eigenvalue weighted by atomic mass is 9.84. The largest absolute Gasteiger partial charge is 0.460 e. The molecule has 1 heterocycles. The molecule has 2 aromatic rings. The molecule has 0 saturated carbocycles. The van der Waals surface area contributed by atoms with Gasteiger partial charge >= 0.3 is 0 Å². The van der Waals surface area contributed by atoms with Crippen molar-refractivity contribution in [3.63, 3.8) is 0 Å². The van der Waals surface area contributed by atoms with Gasteiger partial charge in [0, 0.05) is 10.8 Å². The predicted molar refractivity (Wildman–Crippen MR) is 67.6 cm³/mol. The molecular formula is C14H19NO. The fraction of sp³-hybridized carbons (Fsp3) is 0.429. The SMILES string of the molecule is Cc1c(C(C)(C)CCN)oc2ccccc12. The smallest absolute Gasteiger partial charge is 0.134 e. The molecule has 1 aromatic carbocycles. The van der Waals surface area contributed by atoms with E-state index in [0.29, 0.717) is 6.54 Å². The molecule has 0 fully saturated rings. The van der Waals surface area contributed by atoms with Crippen molar-refractivity contribution >= 4 is 11.0 Å². The Bertz CT molecular complexity index is 496. The summed E-state index contributed by atoms with van der Waals surface area (Å²) in [5.41, 5.74) is 7.88. The Balaban J connectivity index is 2.57. The summed E-state index contributed by atoms with van der Waals surface area (Å²) in [5.74, 6) is 1.07. The number of aryl methyl sites for hydroxylation is 1. The summed E-state index contributed by atoms with van der Waals surface area (Å²) < 4.78 is 5.96. The van der Waals surface area contributed by atoms with Gasteiger partial charge in [-0.15, -0.1) is 0 Å². The fourth-order valence-corrected chi connectivity index (χ4v) is 2.29. The van der Waals surface area contributed by atoms with Crippen molar-refractivity contribution in [3.8, 4) is 0 Å². The highest BCUT2D eigenvalue weighted by molar-refractivity contribution is 5.82.